The van der Waals surface area contributed by atoms with Crippen LogP contribution >= 0.6 is 23.2 Å². The number of nitrogens with one attached hydrogen (secondary N) is 2. The van der Waals surface area contributed by atoms with Crippen molar-refractivity contribution in [3.05, 3.63) is 124 Å². The lowest BCUT2D eigenvalue weighted by molar-refractivity contribution is 0.0954. The minimum atomic E-state index is -0.338. The molecule has 0 radical (unpaired) electrons. The second kappa shape index (κ2) is 11.0. The van der Waals surface area contributed by atoms with Gasteiger partial charge in [0.25, 0.3) is 11.8 Å². The normalized spacial score (nSPS) is 11.1. The Labute approximate surface area is 213 Å². The van der Waals surface area contributed by atoms with Crippen LogP contribution in [0.4, 0.5) is 5.69 Å². The number of hydrogen-bond donors (Lipinski definition) is 2. The highest BCUT2D eigenvalue weighted by Gasteiger charge is 2.11. The van der Waals surface area contributed by atoms with Crippen LogP contribution in [0.2, 0.25) is 10.0 Å². The number of carbonyl (C=O) groups excluding carboxylic acids is 2. The minimum Gasteiger partial charge on any atom is -0.322 e. The van der Waals surface area contributed by atoms with E-state index in [0.717, 1.165) is 16.7 Å². The molecule has 0 spiro atoms. The summed E-state index contributed by atoms with van der Waals surface area (Å²) in [5.74, 6) is -0.636. The second-order valence-electron chi connectivity index (χ2n) is 7.74. The molecule has 0 atom stereocenters. The SMILES string of the molecule is CC(=NNC(=O)c1ccc(-c2ccccc2)cc1)c1ccc(NC(=O)c2ccc(Cl)cc2Cl)cc1. The topological polar surface area (TPSA) is 70.6 Å². The van der Waals surface area contributed by atoms with Gasteiger partial charge in [-0.05, 0) is 66.1 Å². The van der Waals surface area contributed by atoms with Crippen molar-refractivity contribution in [1.29, 1.82) is 0 Å². The molecule has 0 aliphatic carbocycles. The van der Waals surface area contributed by atoms with Crippen molar-refractivity contribution >= 4 is 46.4 Å². The zero-order chi connectivity index (χ0) is 24.8. The summed E-state index contributed by atoms with van der Waals surface area (Å²) in [4.78, 5) is 25.0. The van der Waals surface area contributed by atoms with Crippen LogP contribution in [-0.2, 0) is 0 Å². The molecule has 0 aliphatic heterocycles. The van der Waals surface area contributed by atoms with Gasteiger partial charge in [0.2, 0.25) is 0 Å². The molecule has 35 heavy (non-hydrogen) atoms. The molecule has 4 rings (SSSR count). The van der Waals surface area contributed by atoms with Crippen molar-refractivity contribution in [3.63, 3.8) is 0 Å². The molecule has 0 aromatic heterocycles. The lowest BCUT2D eigenvalue weighted by Gasteiger charge is -2.08. The first-order chi connectivity index (χ1) is 16.9. The number of anilines is 1. The molecule has 0 aliphatic rings. The third-order valence-corrected chi connectivity index (χ3v) is 5.86. The van der Waals surface area contributed by atoms with Crippen LogP contribution in [-0.4, -0.2) is 17.5 Å². The van der Waals surface area contributed by atoms with Crippen LogP contribution < -0.4 is 10.7 Å². The monoisotopic (exact) mass is 501 g/mol. The zero-order valence-corrected chi connectivity index (χ0v) is 20.3. The Morgan fingerprint density at radius 1 is 0.714 bits per heavy atom. The highest BCUT2D eigenvalue weighted by molar-refractivity contribution is 6.37. The van der Waals surface area contributed by atoms with Crippen molar-refractivity contribution in [3.8, 4) is 11.1 Å². The predicted molar refractivity (Wildman–Crippen MR) is 142 cm³/mol. The Hall–Kier alpha value is -3.93. The number of amides is 2. The van der Waals surface area contributed by atoms with Gasteiger partial charge in [-0.3, -0.25) is 9.59 Å². The van der Waals surface area contributed by atoms with E-state index in [1.807, 2.05) is 42.5 Å². The van der Waals surface area contributed by atoms with Crippen molar-refractivity contribution in [1.82, 2.24) is 5.43 Å². The van der Waals surface area contributed by atoms with E-state index in [1.54, 1.807) is 55.5 Å². The molecular weight excluding hydrogens is 481 g/mol. The number of hydrogen-bond acceptors (Lipinski definition) is 3. The summed E-state index contributed by atoms with van der Waals surface area (Å²) >= 11 is 12.0. The Morgan fingerprint density at radius 3 is 2.00 bits per heavy atom. The molecule has 0 bridgehead atoms. The molecule has 4 aromatic rings. The van der Waals surface area contributed by atoms with Gasteiger partial charge in [0, 0.05) is 16.3 Å². The van der Waals surface area contributed by atoms with Crippen molar-refractivity contribution < 1.29 is 9.59 Å². The van der Waals surface area contributed by atoms with Gasteiger partial charge in [-0.2, -0.15) is 5.10 Å². The highest BCUT2D eigenvalue weighted by atomic mass is 35.5. The largest absolute Gasteiger partial charge is 0.322 e. The molecule has 174 valence electrons. The summed E-state index contributed by atoms with van der Waals surface area (Å²) in [6.45, 7) is 1.79. The number of rotatable bonds is 6. The average molecular weight is 502 g/mol. The fourth-order valence-electron chi connectivity index (χ4n) is 3.38. The average Bonchev–Trinajstić information content (AvgIpc) is 2.88. The minimum absolute atomic E-state index is 0.278. The summed E-state index contributed by atoms with van der Waals surface area (Å²) in [6.07, 6.45) is 0. The van der Waals surface area contributed by atoms with Gasteiger partial charge in [0.15, 0.2) is 0 Å². The lowest BCUT2D eigenvalue weighted by Crippen LogP contribution is -2.19. The maximum absolute atomic E-state index is 12.5. The van der Waals surface area contributed by atoms with E-state index in [9.17, 15) is 9.59 Å². The summed E-state index contributed by atoms with van der Waals surface area (Å²) in [6, 6.07) is 29.1. The number of carbonyl (C=O) groups is 2. The summed E-state index contributed by atoms with van der Waals surface area (Å²) in [5, 5.41) is 7.74. The first-order valence-corrected chi connectivity index (χ1v) is 11.5. The van der Waals surface area contributed by atoms with Gasteiger partial charge in [-0.15, -0.1) is 0 Å². The predicted octanol–water partition coefficient (Wildman–Crippen LogP) is 7.07. The smallest absolute Gasteiger partial charge is 0.271 e. The maximum atomic E-state index is 12.5. The van der Waals surface area contributed by atoms with Gasteiger partial charge in [0.1, 0.15) is 0 Å². The van der Waals surface area contributed by atoms with Crippen LogP contribution in [0.1, 0.15) is 33.2 Å². The molecule has 4 aromatic carbocycles. The van der Waals surface area contributed by atoms with Crippen LogP contribution in [0, 0.1) is 0 Å². The van der Waals surface area contributed by atoms with Gasteiger partial charge in [0.05, 0.1) is 16.3 Å². The Kier molecular flexibility index (Phi) is 7.60. The summed E-state index contributed by atoms with van der Waals surface area (Å²) in [5.41, 5.74) is 7.57. The molecule has 7 heteroatoms. The molecule has 2 N–H and O–H groups in total. The first kappa shape index (κ1) is 24.2. The van der Waals surface area contributed by atoms with E-state index in [1.165, 1.54) is 6.07 Å². The van der Waals surface area contributed by atoms with E-state index < -0.39 is 0 Å². The summed E-state index contributed by atoms with van der Waals surface area (Å²) in [7, 11) is 0. The van der Waals surface area contributed by atoms with Crippen LogP contribution in [0.15, 0.2) is 102 Å². The van der Waals surface area contributed by atoms with Crippen molar-refractivity contribution in [2.45, 2.75) is 6.92 Å². The van der Waals surface area contributed by atoms with Crippen molar-refractivity contribution in [2.75, 3.05) is 5.32 Å². The second-order valence-corrected chi connectivity index (χ2v) is 8.58. The van der Waals surface area contributed by atoms with Crippen molar-refractivity contribution in [2.24, 2.45) is 5.10 Å². The van der Waals surface area contributed by atoms with Gasteiger partial charge in [-0.1, -0.05) is 77.8 Å². The fraction of sp³-hybridized carbons (Fsp3) is 0.0357. The van der Waals surface area contributed by atoms with Crippen LogP contribution in [0.3, 0.4) is 0 Å². The lowest BCUT2D eigenvalue weighted by atomic mass is 10.0. The molecule has 0 unspecified atom stereocenters. The standard InChI is InChI=1S/C28H21Cl2N3O2/c1-18(32-33-27(34)22-9-7-21(8-10-22)20-5-3-2-4-6-20)19-11-14-24(15-12-19)31-28(35)25-16-13-23(29)17-26(25)30/h2-17H,1H3,(H,31,35)(H,33,34). The zero-order valence-electron chi connectivity index (χ0n) is 18.8. The first-order valence-electron chi connectivity index (χ1n) is 10.8. The van der Waals surface area contributed by atoms with Gasteiger partial charge in [-0.25, -0.2) is 5.43 Å². The molecular formula is C28H21Cl2N3O2. The highest BCUT2D eigenvalue weighted by Crippen LogP contribution is 2.22. The molecule has 0 heterocycles. The van der Waals surface area contributed by atoms with Gasteiger partial charge < -0.3 is 5.32 Å². The number of nitrogens with zero attached hydrogens (tertiary/aromatic N) is 1. The van der Waals surface area contributed by atoms with E-state index in [-0.39, 0.29) is 16.8 Å². The number of benzene rings is 4. The number of halogens is 2. The maximum Gasteiger partial charge on any atom is 0.271 e. The van der Waals surface area contributed by atoms with E-state index in [4.69, 9.17) is 23.2 Å². The molecule has 2 amide bonds. The fourth-order valence-corrected chi connectivity index (χ4v) is 3.87. The van der Waals surface area contributed by atoms with E-state index in [0.29, 0.717) is 27.5 Å². The molecule has 5 nitrogen and oxygen atoms in total. The van der Waals surface area contributed by atoms with Gasteiger partial charge >= 0.3 is 0 Å². The quantitative estimate of drug-likeness (QED) is 0.219. The van der Waals surface area contributed by atoms with E-state index >= 15 is 0 Å². The Balaban J connectivity index is 1.37. The molecule has 0 saturated carbocycles. The summed E-state index contributed by atoms with van der Waals surface area (Å²) < 4.78 is 0. The van der Waals surface area contributed by atoms with Crippen LogP contribution in [0.25, 0.3) is 11.1 Å². The van der Waals surface area contributed by atoms with E-state index in [2.05, 4.69) is 15.8 Å². The van der Waals surface area contributed by atoms with Crippen LogP contribution in [0.5, 0.6) is 0 Å². The third kappa shape index (κ3) is 6.15. The molecule has 0 saturated heterocycles. The Morgan fingerprint density at radius 2 is 1.34 bits per heavy atom. The Bertz CT molecular complexity index is 1380. The number of hydrazone groups is 1. The third-order valence-electron chi connectivity index (χ3n) is 5.32. The molecule has 0 fully saturated rings.